The molecule has 0 aromatic carbocycles. The van der Waals surface area contributed by atoms with E-state index in [1.807, 2.05) is 11.3 Å². The molecule has 1 aromatic heterocycles. The largest absolute Gasteiger partial charge is 0.348 e. The van der Waals surface area contributed by atoms with Crippen molar-refractivity contribution in [1.82, 2.24) is 10.3 Å². The predicted octanol–water partition coefficient (Wildman–Crippen LogP) is 4.21. The minimum atomic E-state index is 0.146. The van der Waals surface area contributed by atoms with E-state index in [4.69, 9.17) is 4.98 Å². The monoisotopic (exact) mass is 297 g/mol. The molecule has 0 bridgehead atoms. The zero-order valence-corrected chi connectivity index (χ0v) is 15.2. The number of hydrogen-bond acceptors (Lipinski definition) is 4. The third-order valence-corrected chi connectivity index (χ3v) is 4.68. The zero-order valence-electron chi connectivity index (χ0n) is 14.4. The molecule has 20 heavy (non-hydrogen) atoms. The summed E-state index contributed by atoms with van der Waals surface area (Å²) in [6, 6.07) is 0.531. The number of nitrogens with one attached hydrogen (secondary N) is 1. The number of aryl methyl sites for hydroxylation is 1. The molecule has 0 spiro atoms. The van der Waals surface area contributed by atoms with Crippen LogP contribution in [0.15, 0.2) is 0 Å². The van der Waals surface area contributed by atoms with Gasteiger partial charge in [-0.1, -0.05) is 13.8 Å². The first-order chi connectivity index (χ1) is 9.10. The molecular formula is C16H31N3S. The van der Waals surface area contributed by atoms with Crippen LogP contribution in [0.25, 0.3) is 0 Å². The normalized spacial score (nSPS) is 13.8. The molecule has 1 unspecified atom stereocenters. The van der Waals surface area contributed by atoms with Crippen LogP contribution in [0.1, 0.15) is 58.5 Å². The average molecular weight is 298 g/mol. The second kappa shape index (κ2) is 6.90. The summed E-state index contributed by atoms with van der Waals surface area (Å²) in [5.41, 5.74) is 1.30. The number of rotatable bonds is 6. The molecule has 1 aromatic rings. The van der Waals surface area contributed by atoms with Crippen LogP contribution in [0.4, 0.5) is 5.13 Å². The first-order valence-electron chi connectivity index (χ1n) is 7.54. The zero-order chi connectivity index (χ0) is 15.5. The molecule has 1 N–H and O–H groups in total. The average Bonchev–Trinajstić information content (AvgIpc) is 2.65. The fraction of sp³-hybridized carbons (Fsp3) is 0.812. The van der Waals surface area contributed by atoms with Gasteiger partial charge in [-0.05, 0) is 47.0 Å². The molecule has 116 valence electrons. The van der Waals surface area contributed by atoms with E-state index < -0.39 is 0 Å². The van der Waals surface area contributed by atoms with Gasteiger partial charge in [0.25, 0.3) is 0 Å². The van der Waals surface area contributed by atoms with Crippen molar-refractivity contribution in [3.8, 4) is 0 Å². The second-order valence-corrected chi connectivity index (χ2v) is 8.26. The fourth-order valence-corrected chi connectivity index (χ4v) is 3.17. The lowest BCUT2D eigenvalue weighted by Crippen LogP contribution is -2.34. The summed E-state index contributed by atoms with van der Waals surface area (Å²) in [4.78, 5) is 8.41. The summed E-state index contributed by atoms with van der Waals surface area (Å²) in [7, 11) is 2.16. The standard InChI is InChI=1S/C16H31N3S/c1-11(2)9-12(3)19(8)15-18-13(4)14(20-15)10-17-16(5,6)7/h11-12,17H,9-10H2,1-8H3. The smallest absolute Gasteiger partial charge is 0.185 e. The van der Waals surface area contributed by atoms with Gasteiger partial charge in [0, 0.05) is 30.1 Å². The lowest BCUT2D eigenvalue weighted by Gasteiger charge is -2.25. The van der Waals surface area contributed by atoms with Gasteiger partial charge in [0.1, 0.15) is 0 Å². The van der Waals surface area contributed by atoms with Crippen molar-refractivity contribution in [2.45, 2.75) is 73.0 Å². The van der Waals surface area contributed by atoms with Crippen molar-refractivity contribution in [3.63, 3.8) is 0 Å². The maximum absolute atomic E-state index is 4.74. The van der Waals surface area contributed by atoms with Crippen LogP contribution in [0.2, 0.25) is 0 Å². The Labute approximate surface area is 128 Å². The van der Waals surface area contributed by atoms with Crippen LogP contribution >= 0.6 is 11.3 Å². The van der Waals surface area contributed by atoms with E-state index >= 15 is 0 Å². The molecule has 0 aliphatic carbocycles. The van der Waals surface area contributed by atoms with Gasteiger partial charge in [-0.25, -0.2) is 4.98 Å². The van der Waals surface area contributed by atoms with Crippen LogP contribution in [0, 0.1) is 12.8 Å². The van der Waals surface area contributed by atoms with Crippen molar-refractivity contribution in [2.24, 2.45) is 5.92 Å². The lowest BCUT2D eigenvalue weighted by atomic mass is 10.0. The quantitative estimate of drug-likeness (QED) is 0.852. The van der Waals surface area contributed by atoms with Crippen LogP contribution in [0.3, 0.4) is 0 Å². The Morgan fingerprint density at radius 2 is 1.85 bits per heavy atom. The van der Waals surface area contributed by atoms with E-state index in [-0.39, 0.29) is 5.54 Å². The van der Waals surface area contributed by atoms with Gasteiger partial charge in [0.05, 0.1) is 5.69 Å². The summed E-state index contributed by atoms with van der Waals surface area (Å²) in [6.45, 7) is 16.4. The van der Waals surface area contributed by atoms with Gasteiger partial charge in [-0.15, -0.1) is 11.3 Å². The third-order valence-electron chi connectivity index (χ3n) is 3.44. The summed E-state index contributed by atoms with van der Waals surface area (Å²) in [6.07, 6.45) is 1.20. The highest BCUT2D eigenvalue weighted by Gasteiger charge is 2.18. The molecular weight excluding hydrogens is 266 g/mol. The number of aromatic nitrogens is 1. The molecule has 0 aliphatic rings. The molecule has 0 saturated heterocycles. The molecule has 0 amide bonds. The number of hydrogen-bond donors (Lipinski definition) is 1. The Hall–Kier alpha value is -0.610. The van der Waals surface area contributed by atoms with Crippen molar-refractivity contribution in [2.75, 3.05) is 11.9 Å². The topological polar surface area (TPSA) is 28.2 Å². The second-order valence-electron chi connectivity index (χ2n) is 7.20. The van der Waals surface area contributed by atoms with Crippen molar-refractivity contribution >= 4 is 16.5 Å². The highest BCUT2D eigenvalue weighted by molar-refractivity contribution is 7.15. The van der Waals surface area contributed by atoms with Crippen molar-refractivity contribution < 1.29 is 0 Å². The Morgan fingerprint density at radius 1 is 1.25 bits per heavy atom. The summed E-state index contributed by atoms with van der Waals surface area (Å²) in [5.74, 6) is 0.718. The van der Waals surface area contributed by atoms with Gasteiger partial charge < -0.3 is 10.2 Å². The molecule has 0 saturated carbocycles. The summed E-state index contributed by atoms with van der Waals surface area (Å²) in [5, 5.41) is 4.68. The van der Waals surface area contributed by atoms with E-state index in [0.717, 1.165) is 23.3 Å². The molecule has 1 atom stereocenters. The molecule has 0 fully saturated rings. The van der Waals surface area contributed by atoms with Crippen LogP contribution in [-0.4, -0.2) is 23.6 Å². The Kier molecular flexibility index (Phi) is 6.02. The van der Waals surface area contributed by atoms with Crippen LogP contribution < -0.4 is 10.2 Å². The highest BCUT2D eigenvalue weighted by Crippen LogP contribution is 2.28. The SMILES string of the molecule is Cc1nc(N(C)C(C)CC(C)C)sc1CNC(C)(C)C. The first kappa shape index (κ1) is 17.4. The van der Waals surface area contributed by atoms with E-state index in [1.54, 1.807) is 0 Å². The third kappa shape index (κ3) is 5.41. The first-order valence-corrected chi connectivity index (χ1v) is 8.36. The van der Waals surface area contributed by atoms with E-state index in [2.05, 4.69) is 65.7 Å². The Bertz CT molecular complexity index is 418. The van der Waals surface area contributed by atoms with Gasteiger partial charge in [0.15, 0.2) is 5.13 Å². The number of nitrogens with zero attached hydrogens (tertiary/aromatic N) is 2. The van der Waals surface area contributed by atoms with Gasteiger partial charge >= 0.3 is 0 Å². The highest BCUT2D eigenvalue weighted by atomic mass is 32.1. The van der Waals surface area contributed by atoms with Gasteiger partial charge in [-0.3, -0.25) is 0 Å². The van der Waals surface area contributed by atoms with E-state index in [1.165, 1.54) is 11.3 Å². The predicted molar refractivity (Wildman–Crippen MR) is 90.8 cm³/mol. The summed E-state index contributed by atoms with van der Waals surface area (Å²) >= 11 is 1.82. The number of anilines is 1. The summed E-state index contributed by atoms with van der Waals surface area (Å²) < 4.78 is 0. The fourth-order valence-electron chi connectivity index (χ4n) is 2.10. The number of thiazole rings is 1. The Morgan fingerprint density at radius 3 is 2.35 bits per heavy atom. The molecule has 1 rings (SSSR count). The minimum Gasteiger partial charge on any atom is -0.348 e. The maximum atomic E-state index is 4.74. The minimum absolute atomic E-state index is 0.146. The Balaban J connectivity index is 2.73. The van der Waals surface area contributed by atoms with Crippen LogP contribution in [0.5, 0.6) is 0 Å². The molecule has 4 heteroatoms. The van der Waals surface area contributed by atoms with Crippen molar-refractivity contribution in [1.29, 1.82) is 0 Å². The van der Waals surface area contributed by atoms with Crippen LogP contribution in [-0.2, 0) is 6.54 Å². The van der Waals surface area contributed by atoms with Gasteiger partial charge in [0.2, 0.25) is 0 Å². The molecule has 0 aliphatic heterocycles. The van der Waals surface area contributed by atoms with E-state index in [9.17, 15) is 0 Å². The molecule has 3 nitrogen and oxygen atoms in total. The molecule has 0 radical (unpaired) electrons. The lowest BCUT2D eigenvalue weighted by molar-refractivity contribution is 0.425. The van der Waals surface area contributed by atoms with E-state index in [0.29, 0.717) is 6.04 Å². The maximum Gasteiger partial charge on any atom is 0.185 e. The molecule has 1 heterocycles. The van der Waals surface area contributed by atoms with Gasteiger partial charge in [-0.2, -0.15) is 0 Å². The van der Waals surface area contributed by atoms with Crippen molar-refractivity contribution in [3.05, 3.63) is 10.6 Å².